The summed E-state index contributed by atoms with van der Waals surface area (Å²) in [6.45, 7) is 1.64. The monoisotopic (exact) mass is 502 g/mol. The first kappa shape index (κ1) is 26.5. The van der Waals surface area contributed by atoms with Gasteiger partial charge < -0.3 is 25.6 Å². The highest BCUT2D eigenvalue weighted by molar-refractivity contribution is 5.97. The summed E-state index contributed by atoms with van der Waals surface area (Å²) in [4.78, 5) is 43.2. The van der Waals surface area contributed by atoms with Crippen LogP contribution >= 0.6 is 0 Å². The Morgan fingerprint density at radius 2 is 1.69 bits per heavy atom. The lowest BCUT2D eigenvalue weighted by molar-refractivity contribution is -0.141. The van der Waals surface area contributed by atoms with Crippen LogP contribution < -0.4 is 11.1 Å². The average Bonchev–Trinajstić information content (AvgIpc) is 3.73. The second kappa shape index (κ2) is 12.1. The summed E-state index contributed by atoms with van der Waals surface area (Å²) in [5, 5.41) is 3.11. The number of rotatable bonds is 9. The number of hydrogen-bond donors (Lipinski definition) is 2. The van der Waals surface area contributed by atoms with Crippen LogP contribution in [0, 0.1) is 17.7 Å². The molecule has 1 aromatic rings. The normalized spacial score (nSPS) is 26.4. The molecule has 4 rings (SSSR count). The molecule has 0 bridgehead atoms. The zero-order chi connectivity index (χ0) is 25.7. The molecule has 198 valence electrons. The van der Waals surface area contributed by atoms with E-state index < -0.39 is 11.9 Å². The van der Waals surface area contributed by atoms with Gasteiger partial charge in [0.1, 0.15) is 18.5 Å². The molecule has 3 N–H and O–H groups in total. The number of likely N-dealkylation sites (tertiary alicyclic amines) is 1. The van der Waals surface area contributed by atoms with Crippen LogP contribution in [0.1, 0.15) is 61.7 Å². The van der Waals surface area contributed by atoms with Crippen LogP contribution in [0.25, 0.3) is 0 Å². The fourth-order valence-corrected chi connectivity index (χ4v) is 5.74. The van der Waals surface area contributed by atoms with Gasteiger partial charge in [-0.15, -0.1) is 0 Å². The van der Waals surface area contributed by atoms with Crippen molar-refractivity contribution in [3.8, 4) is 0 Å². The summed E-state index contributed by atoms with van der Waals surface area (Å²) in [5.41, 5.74) is 6.16. The van der Waals surface area contributed by atoms with E-state index in [0.717, 1.165) is 38.5 Å². The number of nitrogens with zero attached hydrogens (tertiary/aromatic N) is 2. The van der Waals surface area contributed by atoms with E-state index in [-0.39, 0.29) is 36.4 Å². The van der Waals surface area contributed by atoms with Crippen molar-refractivity contribution >= 4 is 17.7 Å². The molecule has 3 amide bonds. The minimum atomic E-state index is -0.696. The summed E-state index contributed by atoms with van der Waals surface area (Å²) in [6, 6.07) is 4.76. The zero-order valence-corrected chi connectivity index (χ0v) is 21.2. The van der Waals surface area contributed by atoms with Gasteiger partial charge in [-0.25, -0.2) is 4.39 Å². The topological polar surface area (TPSA) is 105 Å². The minimum absolute atomic E-state index is 0.00750. The van der Waals surface area contributed by atoms with Crippen molar-refractivity contribution in [3.63, 3.8) is 0 Å². The lowest BCUT2D eigenvalue weighted by Gasteiger charge is -2.43. The van der Waals surface area contributed by atoms with E-state index in [9.17, 15) is 18.8 Å². The van der Waals surface area contributed by atoms with Crippen LogP contribution in [0.5, 0.6) is 0 Å². The van der Waals surface area contributed by atoms with E-state index >= 15 is 0 Å². The van der Waals surface area contributed by atoms with Gasteiger partial charge in [0, 0.05) is 37.8 Å². The molecule has 0 aromatic heterocycles. The second-order valence-corrected chi connectivity index (χ2v) is 10.5. The van der Waals surface area contributed by atoms with Gasteiger partial charge in [0.05, 0.1) is 0 Å². The Morgan fingerprint density at radius 3 is 2.31 bits per heavy atom. The Bertz CT molecular complexity index is 915. The third-order valence-corrected chi connectivity index (χ3v) is 7.98. The van der Waals surface area contributed by atoms with Gasteiger partial charge in [0.25, 0.3) is 5.91 Å². The Balaban J connectivity index is 1.47. The Morgan fingerprint density at radius 1 is 1.03 bits per heavy atom. The summed E-state index contributed by atoms with van der Waals surface area (Å²) >= 11 is 0. The number of piperidine rings is 1. The molecule has 9 heteroatoms. The van der Waals surface area contributed by atoms with E-state index in [2.05, 4.69) is 5.32 Å². The van der Waals surface area contributed by atoms with Crippen molar-refractivity contribution in [1.29, 1.82) is 0 Å². The highest BCUT2D eigenvalue weighted by Crippen LogP contribution is 2.34. The molecule has 1 heterocycles. The van der Waals surface area contributed by atoms with Crippen LogP contribution in [0.15, 0.2) is 24.3 Å². The molecule has 36 heavy (non-hydrogen) atoms. The molecule has 0 spiro atoms. The maximum atomic E-state index is 13.5. The number of nitrogens with one attached hydrogen (secondary N) is 1. The molecule has 2 saturated carbocycles. The van der Waals surface area contributed by atoms with Gasteiger partial charge >= 0.3 is 0 Å². The smallest absolute Gasteiger partial charge is 0.254 e. The molecular weight excluding hydrogens is 463 g/mol. The zero-order valence-electron chi connectivity index (χ0n) is 21.2. The van der Waals surface area contributed by atoms with Crippen LogP contribution in [0.4, 0.5) is 4.39 Å². The predicted octanol–water partition coefficient (Wildman–Crippen LogP) is 2.32. The Hall–Kier alpha value is -2.52. The standard InChI is InChI=1S/C27H39FN4O4/c1-36-17-25(33)32(22-10-11-22)23-12-13-31(27(35)20-6-8-21(28)9-7-20)24(14-23)26(34)30-16-19-4-2-18(15-29)3-5-19/h6-9,18-19,22-24H,2-5,10-17,29H2,1H3,(H,30,34)/t18?,19?,23?,24-/m1/s1. The summed E-state index contributed by atoms with van der Waals surface area (Å²) < 4.78 is 18.5. The molecule has 0 radical (unpaired) electrons. The third-order valence-electron chi connectivity index (χ3n) is 7.98. The van der Waals surface area contributed by atoms with Crippen LogP contribution in [0.3, 0.4) is 0 Å². The molecule has 1 unspecified atom stereocenters. The van der Waals surface area contributed by atoms with Crippen molar-refractivity contribution in [3.05, 3.63) is 35.6 Å². The third kappa shape index (κ3) is 6.42. The van der Waals surface area contributed by atoms with Gasteiger partial charge in [-0.05, 0) is 94.0 Å². The molecule has 2 atom stereocenters. The maximum Gasteiger partial charge on any atom is 0.254 e. The van der Waals surface area contributed by atoms with Gasteiger partial charge in [0.2, 0.25) is 11.8 Å². The number of benzene rings is 1. The van der Waals surface area contributed by atoms with E-state index in [4.69, 9.17) is 10.5 Å². The van der Waals surface area contributed by atoms with Crippen LogP contribution in [-0.2, 0) is 14.3 Å². The van der Waals surface area contributed by atoms with E-state index in [0.29, 0.717) is 49.9 Å². The highest BCUT2D eigenvalue weighted by atomic mass is 19.1. The predicted molar refractivity (Wildman–Crippen MR) is 134 cm³/mol. The SMILES string of the molecule is COCC(=O)N(C1CC1)C1CCN(C(=O)c2ccc(F)cc2)[C@@H](C(=O)NCC2CCC(CN)CC2)C1. The minimum Gasteiger partial charge on any atom is -0.375 e. The number of ether oxygens (including phenoxy) is 1. The average molecular weight is 503 g/mol. The van der Waals surface area contributed by atoms with Crippen molar-refractivity contribution in [2.75, 3.05) is 33.4 Å². The molecule has 1 aromatic carbocycles. The van der Waals surface area contributed by atoms with Crippen LogP contribution in [-0.4, -0.2) is 79.0 Å². The molecule has 3 aliphatic rings. The number of hydrogen-bond acceptors (Lipinski definition) is 5. The number of amides is 3. The van der Waals surface area contributed by atoms with Gasteiger partial charge in [-0.2, -0.15) is 0 Å². The quantitative estimate of drug-likeness (QED) is 0.539. The van der Waals surface area contributed by atoms with Crippen molar-refractivity contribution < 1.29 is 23.5 Å². The summed E-state index contributed by atoms with van der Waals surface area (Å²) in [7, 11) is 1.50. The Labute approximate surface area is 212 Å². The second-order valence-electron chi connectivity index (χ2n) is 10.5. The number of carbonyl (C=O) groups is 3. The summed E-state index contributed by atoms with van der Waals surface area (Å²) in [6.07, 6.45) is 7.10. The van der Waals surface area contributed by atoms with Gasteiger partial charge in [0.15, 0.2) is 0 Å². The molecule has 1 saturated heterocycles. The first-order chi connectivity index (χ1) is 17.4. The lowest BCUT2D eigenvalue weighted by Crippen LogP contribution is -2.59. The van der Waals surface area contributed by atoms with Crippen LogP contribution in [0.2, 0.25) is 0 Å². The molecule has 3 fully saturated rings. The molecule has 2 aliphatic carbocycles. The maximum absolute atomic E-state index is 13.5. The first-order valence-electron chi connectivity index (χ1n) is 13.3. The number of carbonyl (C=O) groups excluding carboxylic acids is 3. The first-order valence-corrected chi connectivity index (χ1v) is 13.3. The number of nitrogens with two attached hydrogens (primary N) is 1. The van der Waals surface area contributed by atoms with Crippen molar-refractivity contribution in [1.82, 2.24) is 15.1 Å². The highest BCUT2D eigenvalue weighted by Gasteiger charge is 2.44. The van der Waals surface area contributed by atoms with E-state index in [1.807, 2.05) is 4.90 Å². The summed E-state index contributed by atoms with van der Waals surface area (Å²) in [5.74, 6) is 0.00520. The van der Waals surface area contributed by atoms with Gasteiger partial charge in [-0.3, -0.25) is 14.4 Å². The van der Waals surface area contributed by atoms with Gasteiger partial charge in [-0.1, -0.05) is 0 Å². The lowest BCUT2D eigenvalue weighted by atomic mass is 9.82. The molecule has 1 aliphatic heterocycles. The largest absolute Gasteiger partial charge is 0.375 e. The molecule has 8 nitrogen and oxygen atoms in total. The number of methoxy groups -OCH3 is 1. The Kier molecular flexibility index (Phi) is 8.95. The molecular formula is C27H39FN4O4. The number of halogens is 1. The van der Waals surface area contributed by atoms with Crippen molar-refractivity contribution in [2.45, 2.75) is 69.5 Å². The van der Waals surface area contributed by atoms with Crippen molar-refractivity contribution in [2.24, 2.45) is 17.6 Å². The fourth-order valence-electron chi connectivity index (χ4n) is 5.74. The fraction of sp³-hybridized carbons (Fsp3) is 0.667. The van der Waals surface area contributed by atoms with E-state index in [1.54, 1.807) is 4.90 Å². The van der Waals surface area contributed by atoms with E-state index in [1.165, 1.54) is 31.4 Å².